The van der Waals surface area contributed by atoms with Crippen LogP contribution in [0.3, 0.4) is 0 Å². The molecule has 1 unspecified atom stereocenters. The summed E-state index contributed by atoms with van der Waals surface area (Å²) in [4.78, 5) is 24.8. The van der Waals surface area contributed by atoms with Crippen LogP contribution < -0.4 is 5.32 Å². The Morgan fingerprint density at radius 3 is 2.77 bits per heavy atom. The summed E-state index contributed by atoms with van der Waals surface area (Å²) in [6.07, 6.45) is 3.23. The van der Waals surface area contributed by atoms with Gasteiger partial charge in [0.2, 0.25) is 0 Å². The molecule has 35 heavy (non-hydrogen) atoms. The lowest BCUT2D eigenvalue weighted by Crippen LogP contribution is -2.47. The van der Waals surface area contributed by atoms with Gasteiger partial charge in [0, 0.05) is 54.2 Å². The van der Waals surface area contributed by atoms with Crippen molar-refractivity contribution in [1.82, 2.24) is 15.2 Å². The van der Waals surface area contributed by atoms with Gasteiger partial charge in [-0.2, -0.15) is 0 Å². The molecule has 1 spiro atoms. The number of aromatic nitrogens is 1. The second kappa shape index (κ2) is 10.4. The van der Waals surface area contributed by atoms with Crippen LogP contribution in [0.5, 0.6) is 0 Å². The van der Waals surface area contributed by atoms with Crippen LogP contribution in [-0.4, -0.2) is 66.9 Å². The molecule has 0 bridgehead atoms. The molecule has 1 aromatic carbocycles. The molecule has 2 saturated heterocycles. The minimum Gasteiger partial charge on any atom is -0.463 e. The van der Waals surface area contributed by atoms with E-state index < -0.39 is 17.8 Å². The average Bonchev–Trinajstić information content (AvgIpc) is 3.53. The maximum absolute atomic E-state index is 13.9. The molecule has 0 radical (unpaired) electrons. The van der Waals surface area contributed by atoms with Crippen molar-refractivity contribution in [3.63, 3.8) is 0 Å². The fourth-order valence-corrected chi connectivity index (χ4v) is 5.78. The van der Waals surface area contributed by atoms with Crippen LogP contribution in [0.25, 0.3) is 0 Å². The predicted molar refractivity (Wildman–Crippen MR) is 133 cm³/mol. The molecule has 1 aromatic heterocycles. The molecule has 4 heterocycles. The number of likely N-dealkylation sites (tertiary alicyclic amines) is 1. The Balaban J connectivity index is 1.51. The Labute approximate surface area is 215 Å². The summed E-state index contributed by atoms with van der Waals surface area (Å²) < 4.78 is 31.6. The number of esters is 1. The predicted octanol–water partition coefficient (Wildman–Crippen LogP) is 3.79. The molecule has 11 heteroatoms. The van der Waals surface area contributed by atoms with Gasteiger partial charge in [-0.1, -0.05) is 22.0 Å². The molecular weight excluding hydrogens is 539 g/mol. The number of halogens is 2. The maximum atomic E-state index is 13.9. The van der Waals surface area contributed by atoms with E-state index in [9.17, 15) is 9.18 Å². The van der Waals surface area contributed by atoms with Gasteiger partial charge in [-0.15, -0.1) is 11.3 Å². The van der Waals surface area contributed by atoms with Gasteiger partial charge in [0.05, 0.1) is 25.4 Å². The van der Waals surface area contributed by atoms with Gasteiger partial charge in [0.25, 0.3) is 0 Å². The molecule has 8 nitrogen and oxygen atoms in total. The summed E-state index contributed by atoms with van der Waals surface area (Å²) in [5.74, 6) is -0.738. The van der Waals surface area contributed by atoms with Crippen LogP contribution in [0.15, 0.2) is 50.5 Å². The zero-order valence-electron chi connectivity index (χ0n) is 19.3. The number of piperidine rings is 1. The highest BCUT2D eigenvalue weighted by atomic mass is 79.9. The Morgan fingerprint density at radius 1 is 1.34 bits per heavy atom. The van der Waals surface area contributed by atoms with Crippen molar-refractivity contribution in [2.75, 3.05) is 39.5 Å². The van der Waals surface area contributed by atoms with Gasteiger partial charge >= 0.3 is 5.97 Å². The van der Waals surface area contributed by atoms with Crippen LogP contribution >= 0.6 is 27.3 Å². The van der Waals surface area contributed by atoms with Crippen molar-refractivity contribution >= 4 is 39.1 Å². The van der Waals surface area contributed by atoms with E-state index in [0.29, 0.717) is 51.9 Å². The van der Waals surface area contributed by atoms with Gasteiger partial charge in [-0.3, -0.25) is 9.89 Å². The second-order valence-electron chi connectivity index (χ2n) is 8.50. The van der Waals surface area contributed by atoms with E-state index in [4.69, 9.17) is 19.2 Å². The van der Waals surface area contributed by atoms with Crippen molar-refractivity contribution in [1.29, 1.82) is 0 Å². The van der Waals surface area contributed by atoms with Crippen LogP contribution in [0, 0.1) is 5.82 Å². The molecule has 0 aliphatic carbocycles. The molecule has 186 valence electrons. The molecule has 0 amide bonds. The smallest absolute Gasteiger partial charge is 0.338 e. The van der Waals surface area contributed by atoms with E-state index in [2.05, 4.69) is 31.1 Å². The van der Waals surface area contributed by atoms with Crippen molar-refractivity contribution in [3.8, 4) is 0 Å². The number of rotatable bonds is 6. The number of aliphatic imine (C=N–C) groups is 1. The number of benzene rings is 1. The lowest BCUT2D eigenvalue weighted by atomic mass is 9.94. The van der Waals surface area contributed by atoms with E-state index in [1.54, 1.807) is 19.2 Å². The molecule has 3 aliphatic rings. The van der Waals surface area contributed by atoms with Gasteiger partial charge < -0.3 is 19.5 Å². The molecule has 1 atom stereocenters. The molecule has 2 fully saturated rings. The van der Waals surface area contributed by atoms with Crippen LogP contribution in [0.1, 0.15) is 36.4 Å². The fourth-order valence-electron chi connectivity index (χ4n) is 4.63. The highest BCUT2D eigenvalue weighted by Gasteiger charge is 2.41. The number of hydrogen-bond donors (Lipinski definition) is 1. The van der Waals surface area contributed by atoms with Crippen molar-refractivity contribution in [2.24, 2.45) is 4.99 Å². The molecule has 5 rings (SSSR count). The van der Waals surface area contributed by atoms with Gasteiger partial charge in [-0.25, -0.2) is 14.2 Å². The maximum Gasteiger partial charge on any atom is 0.338 e. The zero-order chi connectivity index (χ0) is 24.4. The Kier molecular flexibility index (Phi) is 7.31. The lowest BCUT2D eigenvalue weighted by Gasteiger charge is -2.38. The highest BCUT2D eigenvalue weighted by Crippen LogP contribution is 2.38. The number of carbonyl (C=O) groups is 1. The first-order valence-electron chi connectivity index (χ1n) is 11.6. The summed E-state index contributed by atoms with van der Waals surface area (Å²) in [7, 11) is 0. The van der Waals surface area contributed by atoms with Crippen LogP contribution in [-0.2, 0) is 19.0 Å². The number of hydrogen-bond acceptors (Lipinski definition) is 9. The Bertz CT molecular complexity index is 1140. The van der Waals surface area contributed by atoms with Gasteiger partial charge in [0.1, 0.15) is 11.9 Å². The first-order valence-corrected chi connectivity index (χ1v) is 13.3. The average molecular weight is 565 g/mol. The summed E-state index contributed by atoms with van der Waals surface area (Å²) in [6, 6.07) is 3.71. The number of nitrogens with zero attached hydrogens (tertiary/aromatic N) is 3. The molecular formula is C24H26BrFN4O4S. The number of thiazole rings is 1. The third kappa shape index (κ3) is 5.19. The quantitative estimate of drug-likeness (QED) is 0.534. The minimum atomic E-state index is -0.684. The second-order valence-corrected chi connectivity index (χ2v) is 10.3. The summed E-state index contributed by atoms with van der Waals surface area (Å²) in [5, 5.41) is 5.95. The minimum absolute atomic E-state index is 0.233. The monoisotopic (exact) mass is 564 g/mol. The Morgan fingerprint density at radius 2 is 2.11 bits per heavy atom. The number of amidine groups is 1. The Hall–Kier alpha value is -2.18. The topological polar surface area (TPSA) is 85.3 Å². The normalized spacial score (nSPS) is 22.3. The van der Waals surface area contributed by atoms with Gasteiger partial charge in [0.15, 0.2) is 16.6 Å². The van der Waals surface area contributed by atoms with E-state index >= 15 is 0 Å². The van der Waals surface area contributed by atoms with Crippen molar-refractivity contribution in [3.05, 3.63) is 61.9 Å². The van der Waals surface area contributed by atoms with Crippen molar-refractivity contribution in [2.45, 2.75) is 31.6 Å². The first-order chi connectivity index (χ1) is 17.0. The van der Waals surface area contributed by atoms with Crippen molar-refractivity contribution < 1.29 is 23.4 Å². The standard InChI is InChI=1S/C24H26BrFN4O4S/c1-2-32-23(31)19-18(14-30-8-5-24(6-9-30)33-10-11-34-24)28-21(22-27-7-12-35-22)29-20(19)16-4-3-15(26)13-17(16)25/h3-4,7,12-13,20H,2,5-6,8-11,14H2,1H3,(H,28,29). The number of ether oxygens (including phenoxy) is 3. The SMILES string of the molecule is CCOC(=O)C1=C(CN2CCC3(CC2)OCCO3)NC(c2nccs2)=NC1c1ccc(F)cc1Br. The summed E-state index contributed by atoms with van der Waals surface area (Å²) >= 11 is 4.92. The summed E-state index contributed by atoms with van der Waals surface area (Å²) in [5.41, 5.74) is 1.79. The van der Waals surface area contributed by atoms with Gasteiger partial charge in [-0.05, 0) is 24.6 Å². The fraction of sp³-hybridized carbons (Fsp3) is 0.458. The zero-order valence-corrected chi connectivity index (χ0v) is 21.7. The largest absolute Gasteiger partial charge is 0.463 e. The van der Waals surface area contributed by atoms with E-state index in [-0.39, 0.29) is 12.4 Å². The number of carbonyl (C=O) groups excluding carboxylic acids is 1. The highest BCUT2D eigenvalue weighted by molar-refractivity contribution is 9.10. The third-order valence-corrected chi connectivity index (χ3v) is 7.79. The third-order valence-electron chi connectivity index (χ3n) is 6.33. The first kappa shape index (κ1) is 24.5. The summed E-state index contributed by atoms with van der Waals surface area (Å²) in [6.45, 7) is 5.27. The molecule has 0 saturated carbocycles. The molecule has 2 aromatic rings. The molecule has 1 N–H and O–H groups in total. The van der Waals surface area contributed by atoms with E-state index in [0.717, 1.165) is 25.9 Å². The molecule has 3 aliphatic heterocycles. The van der Waals surface area contributed by atoms with Crippen LogP contribution in [0.2, 0.25) is 0 Å². The van der Waals surface area contributed by atoms with E-state index in [1.165, 1.54) is 23.5 Å². The van der Waals surface area contributed by atoms with Crippen LogP contribution in [0.4, 0.5) is 4.39 Å². The van der Waals surface area contributed by atoms with E-state index in [1.807, 2.05) is 5.38 Å². The lowest BCUT2D eigenvalue weighted by molar-refractivity contribution is -0.184. The number of nitrogens with one attached hydrogen (secondary N) is 1.